The number of anilines is 1. The summed E-state index contributed by atoms with van der Waals surface area (Å²) in [6.45, 7) is 6.57. The van der Waals surface area contributed by atoms with Crippen LogP contribution in [0.1, 0.15) is 25.5 Å². The van der Waals surface area contributed by atoms with Gasteiger partial charge in [0.15, 0.2) is 0 Å². The van der Waals surface area contributed by atoms with Crippen LogP contribution in [0, 0.1) is 0 Å². The molecule has 0 saturated heterocycles. The lowest BCUT2D eigenvalue weighted by Gasteiger charge is -2.23. The van der Waals surface area contributed by atoms with Crippen molar-refractivity contribution in [3.63, 3.8) is 0 Å². The standard InChI is InChI=1S/C16H23N3O2.ClH/c1-4-19(5-2)10-15(20)12-6-7-18-16-13(12)8-11(21-3)9-14(16)17;/h6-9,15,20H,4-5,10,17H2,1-3H3;1H. The van der Waals surface area contributed by atoms with Gasteiger partial charge in [-0.3, -0.25) is 4.98 Å². The Bertz CT molecular complexity index is 618. The number of nitrogens with two attached hydrogens (primary N) is 1. The first-order chi connectivity index (χ1) is 10.1. The van der Waals surface area contributed by atoms with Crippen molar-refractivity contribution in [2.45, 2.75) is 20.0 Å². The molecule has 3 N–H and O–H groups in total. The molecule has 0 aliphatic rings. The zero-order valence-electron chi connectivity index (χ0n) is 13.2. The van der Waals surface area contributed by atoms with Gasteiger partial charge < -0.3 is 20.5 Å². The molecule has 122 valence electrons. The number of aliphatic hydroxyl groups excluding tert-OH is 1. The second kappa shape index (κ2) is 8.17. The maximum absolute atomic E-state index is 10.6. The number of ether oxygens (including phenoxy) is 1. The molecule has 2 aromatic rings. The fourth-order valence-corrected chi connectivity index (χ4v) is 2.51. The topological polar surface area (TPSA) is 71.6 Å². The number of pyridine rings is 1. The predicted octanol–water partition coefficient (Wildman–Crippen LogP) is 2.62. The van der Waals surface area contributed by atoms with Crippen LogP contribution in [0.5, 0.6) is 5.75 Å². The summed E-state index contributed by atoms with van der Waals surface area (Å²) in [5.41, 5.74) is 8.11. The number of hydrogen-bond acceptors (Lipinski definition) is 5. The van der Waals surface area contributed by atoms with E-state index in [4.69, 9.17) is 10.5 Å². The van der Waals surface area contributed by atoms with Crippen molar-refractivity contribution in [2.75, 3.05) is 32.5 Å². The van der Waals surface area contributed by atoms with Gasteiger partial charge in [-0.2, -0.15) is 0 Å². The highest BCUT2D eigenvalue weighted by Crippen LogP contribution is 2.31. The molecule has 0 aliphatic carbocycles. The fraction of sp³-hybridized carbons (Fsp3) is 0.438. The van der Waals surface area contributed by atoms with E-state index in [-0.39, 0.29) is 12.4 Å². The van der Waals surface area contributed by atoms with Gasteiger partial charge in [0.1, 0.15) is 5.75 Å². The molecule has 0 spiro atoms. The van der Waals surface area contributed by atoms with E-state index in [9.17, 15) is 5.11 Å². The van der Waals surface area contributed by atoms with Crippen LogP contribution in [-0.2, 0) is 0 Å². The molecule has 1 atom stereocenters. The summed E-state index contributed by atoms with van der Waals surface area (Å²) in [6, 6.07) is 5.46. The minimum atomic E-state index is -0.582. The predicted molar refractivity (Wildman–Crippen MR) is 92.7 cm³/mol. The molecular formula is C16H24ClN3O2. The number of nitrogens with zero attached hydrogens (tertiary/aromatic N) is 2. The van der Waals surface area contributed by atoms with Crippen LogP contribution < -0.4 is 10.5 Å². The minimum Gasteiger partial charge on any atom is -0.497 e. The summed E-state index contributed by atoms with van der Waals surface area (Å²) >= 11 is 0. The largest absolute Gasteiger partial charge is 0.497 e. The third-order valence-electron chi connectivity index (χ3n) is 3.80. The van der Waals surface area contributed by atoms with Crippen molar-refractivity contribution in [3.8, 4) is 5.75 Å². The highest BCUT2D eigenvalue weighted by Gasteiger charge is 2.16. The number of likely N-dealkylation sites (N-methyl/N-ethyl adjacent to an activating group) is 1. The van der Waals surface area contributed by atoms with Gasteiger partial charge in [-0.05, 0) is 30.8 Å². The van der Waals surface area contributed by atoms with Crippen molar-refractivity contribution in [2.24, 2.45) is 0 Å². The Balaban J connectivity index is 0.00000242. The molecule has 0 saturated carbocycles. The average molecular weight is 326 g/mol. The number of aromatic nitrogens is 1. The summed E-state index contributed by atoms with van der Waals surface area (Å²) in [5, 5.41) is 11.4. The summed E-state index contributed by atoms with van der Waals surface area (Å²) in [6.07, 6.45) is 1.10. The molecule has 6 heteroatoms. The Morgan fingerprint density at radius 3 is 2.59 bits per heavy atom. The first-order valence-corrected chi connectivity index (χ1v) is 7.23. The molecule has 0 radical (unpaired) electrons. The Morgan fingerprint density at radius 2 is 2.00 bits per heavy atom. The highest BCUT2D eigenvalue weighted by molar-refractivity contribution is 5.93. The lowest BCUT2D eigenvalue weighted by atomic mass is 10.0. The molecule has 0 fully saturated rings. The lowest BCUT2D eigenvalue weighted by Crippen LogP contribution is -2.28. The van der Waals surface area contributed by atoms with Gasteiger partial charge in [0, 0.05) is 24.2 Å². The highest BCUT2D eigenvalue weighted by atomic mass is 35.5. The summed E-state index contributed by atoms with van der Waals surface area (Å²) in [7, 11) is 1.60. The summed E-state index contributed by atoms with van der Waals surface area (Å²) in [4.78, 5) is 6.49. The van der Waals surface area contributed by atoms with Crippen LogP contribution >= 0.6 is 12.4 Å². The van der Waals surface area contributed by atoms with E-state index in [0.717, 1.165) is 24.0 Å². The van der Waals surface area contributed by atoms with E-state index in [1.807, 2.05) is 12.1 Å². The molecule has 1 heterocycles. The Hall–Kier alpha value is -1.56. The van der Waals surface area contributed by atoms with Crippen LogP contribution in [-0.4, -0.2) is 41.7 Å². The van der Waals surface area contributed by atoms with Crippen LogP contribution in [0.3, 0.4) is 0 Å². The number of fused-ring (bicyclic) bond motifs is 1. The minimum absolute atomic E-state index is 0. The van der Waals surface area contributed by atoms with Gasteiger partial charge in [0.05, 0.1) is 24.4 Å². The van der Waals surface area contributed by atoms with E-state index in [2.05, 4.69) is 23.7 Å². The first kappa shape index (κ1) is 18.5. The third-order valence-corrected chi connectivity index (χ3v) is 3.80. The normalized spacial score (nSPS) is 12.2. The van der Waals surface area contributed by atoms with Crippen molar-refractivity contribution in [3.05, 3.63) is 30.0 Å². The smallest absolute Gasteiger partial charge is 0.121 e. The number of hydrogen-bond donors (Lipinski definition) is 2. The SMILES string of the molecule is CCN(CC)CC(O)c1ccnc2c(N)cc(OC)cc12.Cl. The zero-order chi connectivity index (χ0) is 15.4. The van der Waals surface area contributed by atoms with Gasteiger partial charge in [0.25, 0.3) is 0 Å². The molecule has 0 aliphatic heterocycles. The third kappa shape index (κ3) is 3.80. The van der Waals surface area contributed by atoms with E-state index in [0.29, 0.717) is 23.5 Å². The monoisotopic (exact) mass is 325 g/mol. The van der Waals surface area contributed by atoms with Crippen LogP contribution in [0.4, 0.5) is 5.69 Å². The maximum atomic E-state index is 10.6. The van der Waals surface area contributed by atoms with E-state index in [1.54, 1.807) is 19.4 Å². The Labute approximate surface area is 137 Å². The molecule has 0 amide bonds. The van der Waals surface area contributed by atoms with Gasteiger partial charge in [-0.25, -0.2) is 0 Å². The number of methoxy groups -OCH3 is 1. The Morgan fingerprint density at radius 1 is 1.32 bits per heavy atom. The fourth-order valence-electron chi connectivity index (χ4n) is 2.51. The number of aliphatic hydroxyl groups is 1. The van der Waals surface area contributed by atoms with E-state index < -0.39 is 6.10 Å². The number of nitrogen functional groups attached to an aromatic ring is 1. The number of halogens is 1. The average Bonchev–Trinajstić information content (AvgIpc) is 2.51. The van der Waals surface area contributed by atoms with Crippen molar-refractivity contribution >= 4 is 29.0 Å². The maximum Gasteiger partial charge on any atom is 0.121 e. The second-order valence-corrected chi connectivity index (χ2v) is 5.01. The quantitative estimate of drug-likeness (QED) is 0.799. The number of rotatable bonds is 6. The van der Waals surface area contributed by atoms with E-state index >= 15 is 0 Å². The molecule has 1 unspecified atom stereocenters. The van der Waals surface area contributed by atoms with Crippen molar-refractivity contribution in [1.82, 2.24) is 9.88 Å². The second-order valence-electron chi connectivity index (χ2n) is 5.01. The van der Waals surface area contributed by atoms with Crippen LogP contribution in [0.25, 0.3) is 10.9 Å². The summed E-state index contributed by atoms with van der Waals surface area (Å²) < 4.78 is 5.26. The van der Waals surface area contributed by atoms with Gasteiger partial charge in [-0.1, -0.05) is 13.8 Å². The molecule has 2 rings (SSSR count). The first-order valence-electron chi connectivity index (χ1n) is 7.23. The van der Waals surface area contributed by atoms with Gasteiger partial charge in [-0.15, -0.1) is 12.4 Å². The summed E-state index contributed by atoms with van der Waals surface area (Å²) in [5.74, 6) is 0.671. The van der Waals surface area contributed by atoms with Crippen molar-refractivity contribution in [1.29, 1.82) is 0 Å². The molecule has 5 nitrogen and oxygen atoms in total. The van der Waals surface area contributed by atoms with Gasteiger partial charge in [0.2, 0.25) is 0 Å². The Kier molecular flexibility index (Phi) is 6.87. The van der Waals surface area contributed by atoms with Gasteiger partial charge >= 0.3 is 0 Å². The molecule has 1 aromatic heterocycles. The van der Waals surface area contributed by atoms with Crippen LogP contribution in [0.15, 0.2) is 24.4 Å². The molecular weight excluding hydrogens is 302 g/mol. The van der Waals surface area contributed by atoms with Crippen molar-refractivity contribution < 1.29 is 9.84 Å². The molecule has 1 aromatic carbocycles. The van der Waals surface area contributed by atoms with Crippen LogP contribution in [0.2, 0.25) is 0 Å². The molecule has 22 heavy (non-hydrogen) atoms. The lowest BCUT2D eigenvalue weighted by molar-refractivity contribution is 0.120. The number of benzene rings is 1. The van der Waals surface area contributed by atoms with E-state index in [1.165, 1.54) is 0 Å². The zero-order valence-corrected chi connectivity index (χ0v) is 14.1. The molecule has 0 bridgehead atoms.